The average Bonchev–Trinajstić information content (AvgIpc) is 2.86. The predicted molar refractivity (Wildman–Crippen MR) is 95.0 cm³/mol. The van der Waals surface area contributed by atoms with E-state index >= 15 is 0 Å². The van der Waals surface area contributed by atoms with E-state index in [1.165, 1.54) is 6.07 Å². The minimum atomic E-state index is -0.268. The fraction of sp³-hybridized carbons (Fsp3) is 0. The molecule has 1 fully saturated rings. The summed E-state index contributed by atoms with van der Waals surface area (Å²) < 4.78 is 0.403. The van der Waals surface area contributed by atoms with Crippen LogP contribution in [0.1, 0.15) is 5.56 Å². The molecule has 1 aliphatic heterocycles. The van der Waals surface area contributed by atoms with Crippen LogP contribution in [0.4, 0.5) is 11.4 Å². The first-order chi connectivity index (χ1) is 11.1. The first-order valence-electron chi connectivity index (χ1n) is 6.66. The van der Waals surface area contributed by atoms with Crippen LogP contribution in [0.15, 0.2) is 63.7 Å². The molecule has 0 radical (unpaired) electrons. The van der Waals surface area contributed by atoms with Gasteiger partial charge in [-0.3, -0.25) is 4.79 Å². The molecule has 2 aromatic carbocycles. The molecule has 0 saturated carbocycles. The molecule has 0 atom stereocenters. The lowest BCUT2D eigenvalue weighted by molar-refractivity contribution is -0.115. The number of aromatic hydroxyl groups is 1. The van der Waals surface area contributed by atoms with E-state index in [1.54, 1.807) is 18.2 Å². The number of phenolic OH excluding ortho intramolecular Hbond substituents is 1. The monoisotopic (exact) mass is 341 g/mol. The van der Waals surface area contributed by atoms with Crippen molar-refractivity contribution >= 4 is 51.7 Å². The van der Waals surface area contributed by atoms with Gasteiger partial charge >= 0.3 is 0 Å². The van der Waals surface area contributed by atoms with Gasteiger partial charge in [0.1, 0.15) is 10.1 Å². The second kappa shape index (κ2) is 6.72. The van der Waals surface area contributed by atoms with E-state index in [9.17, 15) is 9.90 Å². The Kier molecular flexibility index (Phi) is 4.50. The first-order valence-corrected chi connectivity index (χ1v) is 7.89. The zero-order valence-corrected chi connectivity index (χ0v) is 13.4. The number of carbonyl (C=O) groups excluding carboxylic acids is 1. The lowest BCUT2D eigenvalue weighted by atomic mass is 10.1. The second-order valence-electron chi connectivity index (χ2n) is 4.63. The van der Waals surface area contributed by atoms with Gasteiger partial charge in [0.05, 0.1) is 16.3 Å². The molecule has 2 N–H and O–H groups in total. The molecule has 3 rings (SSSR count). The Balaban J connectivity index is 1.88. The number of benzene rings is 2. The summed E-state index contributed by atoms with van der Waals surface area (Å²) in [5, 5.41) is 20.7. The van der Waals surface area contributed by atoms with Gasteiger partial charge in [0.15, 0.2) is 0 Å². The fourth-order valence-electron chi connectivity index (χ4n) is 1.89. The van der Waals surface area contributed by atoms with Crippen LogP contribution < -0.4 is 5.32 Å². The van der Waals surface area contributed by atoms with Crippen LogP contribution >= 0.6 is 24.0 Å². The quantitative estimate of drug-likeness (QED) is 0.496. The highest BCUT2D eigenvalue weighted by Crippen LogP contribution is 2.31. The van der Waals surface area contributed by atoms with Gasteiger partial charge in [0.25, 0.3) is 5.91 Å². The summed E-state index contributed by atoms with van der Waals surface area (Å²) in [6.07, 6.45) is 1.58. The molecule has 1 amide bonds. The van der Waals surface area contributed by atoms with Crippen LogP contribution in [0, 0.1) is 0 Å². The molecule has 114 valence electrons. The first kappa shape index (κ1) is 15.4. The van der Waals surface area contributed by atoms with Crippen molar-refractivity contribution in [2.45, 2.75) is 0 Å². The number of thiocarbonyl (C=S) groups is 1. The number of carbonyl (C=O) groups is 1. The Bertz CT molecular complexity index is 832. The smallest absolute Gasteiger partial charge is 0.263 e. The largest absolute Gasteiger partial charge is 0.507 e. The average molecular weight is 341 g/mol. The lowest BCUT2D eigenvalue weighted by Crippen LogP contribution is -2.17. The van der Waals surface area contributed by atoms with Crippen molar-refractivity contribution in [3.05, 3.63) is 59.0 Å². The van der Waals surface area contributed by atoms with Gasteiger partial charge in [0, 0.05) is 5.56 Å². The summed E-state index contributed by atoms with van der Waals surface area (Å²) in [5.41, 5.74) is 1.79. The van der Waals surface area contributed by atoms with E-state index in [4.69, 9.17) is 12.2 Å². The number of rotatable bonds is 3. The molecule has 0 aromatic heterocycles. The third-order valence-corrected chi connectivity index (χ3v) is 4.14. The predicted octanol–water partition coefficient (Wildman–Crippen LogP) is 4.30. The summed E-state index contributed by atoms with van der Waals surface area (Å²) in [6.45, 7) is 0. The highest BCUT2D eigenvalue weighted by molar-refractivity contribution is 8.26. The summed E-state index contributed by atoms with van der Waals surface area (Å²) in [4.78, 5) is 12.1. The van der Waals surface area contributed by atoms with E-state index in [-0.39, 0.29) is 11.7 Å². The zero-order valence-electron chi connectivity index (χ0n) is 11.8. The number of hydrogen-bond acceptors (Lipinski definition) is 6. The second-order valence-corrected chi connectivity index (χ2v) is 6.35. The van der Waals surface area contributed by atoms with E-state index in [2.05, 4.69) is 15.5 Å². The van der Waals surface area contributed by atoms with Gasteiger partial charge in [-0.05, 0) is 36.4 Å². The van der Waals surface area contributed by atoms with Gasteiger partial charge in [0.2, 0.25) is 0 Å². The molecule has 5 nitrogen and oxygen atoms in total. The maximum absolute atomic E-state index is 11.7. The summed E-state index contributed by atoms with van der Waals surface area (Å²) in [5.74, 6) is -0.210. The van der Waals surface area contributed by atoms with E-state index in [0.29, 0.717) is 20.5 Å². The summed E-state index contributed by atoms with van der Waals surface area (Å²) >= 11 is 6.10. The Morgan fingerprint density at radius 2 is 1.83 bits per heavy atom. The number of hydrogen-bond donors (Lipinski definition) is 2. The summed E-state index contributed by atoms with van der Waals surface area (Å²) in [6, 6.07) is 14.2. The molecule has 0 spiro atoms. The van der Waals surface area contributed by atoms with Crippen LogP contribution in [0.3, 0.4) is 0 Å². The maximum Gasteiger partial charge on any atom is 0.263 e. The number of nitrogens with zero attached hydrogens (tertiary/aromatic N) is 2. The number of azo groups is 1. The fourth-order valence-corrected chi connectivity index (χ4v) is 2.93. The molecular formula is C16H11N3O2S2. The Hall–Kier alpha value is -2.51. The molecule has 1 aliphatic rings. The standard InChI is InChI=1S/C16H11N3O2S2/c20-13-7-6-12(19-18-11-4-2-1-3-5-11)8-10(13)9-14-15(21)17-16(22)23-14/h1-9,20H,(H,17,21,22)/b14-9-,19-18?. The van der Waals surface area contributed by atoms with Crippen molar-refractivity contribution in [1.82, 2.24) is 5.32 Å². The van der Waals surface area contributed by atoms with E-state index in [1.807, 2.05) is 30.3 Å². The normalized spacial score (nSPS) is 16.3. The Labute approximate surface area is 142 Å². The van der Waals surface area contributed by atoms with Crippen molar-refractivity contribution in [2.24, 2.45) is 10.2 Å². The maximum atomic E-state index is 11.7. The Morgan fingerprint density at radius 1 is 1.09 bits per heavy atom. The third kappa shape index (κ3) is 3.82. The molecule has 2 aromatic rings. The van der Waals surface area contributed by atoms with Crippen LogP contribution in [-0.2, 0) is 4.79 Å². The molecule has 0 bridgehead atoms. The van der Waals surface area contributed by atoms with Crippen molar-refractivity contribution in [3.8, 4) is 5.75 Å². The summed E-state index contributed by atoms with van der Waals surface area (Å²) in [7, 11) is 0. The van der Waals surface area contributed by atoms with Gasteiger partial charge in [-0.15, -0.1) is 0 Å². The van der Waals surface area contributed by atoms with Crippen molar-refractivity contribution in [2.75, 3.05) is 0 Å². The minimum absolute atomic E-state index is 0.0578. The van der Waals surface area contributed by atoms with Gasteiger partial charge < -0.3 is 10.4 Å². The van der Waals surface area contributed by atoms with Gasteiger partial charge in [-0.1, -0.05) is 42.2 Å². The molecule has 1 heterocycles. The molecule has 23 heavy (non-hydrogen) atoms. The molecule has 0 unspecified atom stereocenters. The van der Waals surface area contributed by atoms with Crippen molar-refractivity contribution < 1.29 is 9.90 Å². The van der Waals surface area contributed by atoms with E-state index < -0.39 is 0 Å². The zero-order chi connectivity index (χ0) is 16.2. The van der Waals surface area contributed by atoms with Crippen molar-refractivity contribution in [3.63, 3.8) is 0 Å². The number of phenols is 1. The van der Waals surface area contributed by atoms with Crippen LogP contribution in [-0.4, -0.2) is 15.3 Å². The Morgan fingerprint density at radius 3 is 2.52 bits per heavy atom. The van der Waals surface area contributed by atoms with Crippen LogP contribution in [0.5, 0.6) is 5.75 Å². The molecule has 0 aliphatic carbocycles. The molecule has 1 saturated heterocycles. The highest BCUT2D eigenvalue weighted by Gasteiger charge is 2.22. The lowest BCUT2D eigenvalue weighted by Gasteiger charge is -2.01. The third-order valence-electron chi connectivity index (χ3n) is 2.98. The van der Waals surface area contributed by atoms with E-state index in [0.717, 1.165) is 17.4 Å². The van der Waals surface area contributed by atoms with Gasteiger partial charge in [-0.2, -0.15) is 10.2 Å². The number of amides is 1. The van der Waals surface area contributed by atoms with Gasteiger partial charge in [-0.25, -0.2) is 0 Å². The topological polar surface area (TPSA) is 74.0 Å². The number of nitrogens with one attached hydrogen (secondary N) is 1. The van der Waals surface area contributed by atoms with Crippen LogP contribution in [0.25, 0.3) is 6.08 Å². The van der Waals surface area contributed by atoms with Crippen LogP contribution in [0.2, 0.25) is 0 Å². The highest BCUT2D eigenvalue weighted by atomic mass is 32.2. The SMILES string of the molecule is O=C1NC(=S)S/C1=C\c1cc(N=Nc2ccccc2)ccc1O. The number of thioether (sulfide) groups is 1. The minimum Gasteiger partial charge on any atom is -0.507 e. The van der Waals surface area contributed by atoms with Crippen molar-refractivity contribution in [1.29, 1.82) is 0 Å². The molecular weight excluding hydrogens is 330 g/mol. The molecule has 7 heteroatoms.